The maximum atomic E-state index is 12.3. The number of pyridine rings is 1. The summed E-state index contributed by atoms with van der Waals surface area (Å²) in [6, 6.07) is 8.97. The molecule has 0 saturated carbocycles. The molecule has 1 aromatic heterocycles. The van der Waals surface area contributed by atoms with E-state index < -0.39 is 0 Å². The molecule has 0 radical (unpaired) electrons. The Labute approximate surface area is 135 Å². The van der Waals surface area contributed by atoms with Crippen molar-refractivity contribution in [2.45, 2.75) is 19.3 Å². The highest BCUT2D eigenvalue weighted by Gasteiger charge is 2.14. The number of anilines is 2. The van der Waals surface area contributed by atoms with Crippen molar-refractivity contribution in [3.63, 3.8) is 0 Å². The minimum Gasteiger partial charge on any atom is -0.370 e. The van der Waals surface area contributed by atoms with Crippen molar-refractivity contribution < 1.29 is 4.79 Å². The fraction of sp³-hybridized carbons (Fsp3) is 0.294. The molecule has 0 atom stereocenters. The molecule has 1 fully saturated rings. The zero-order valence-corrected chi connectivity index (χ0v) is 13.0. The zero-order valence-electron chi connectivity index (χ0n) is 12.3. The Morgan fingerprint density at radius 2 is 1.82 bits per heavy atom. The number of halogens is 1. The molecule has 0 aliphatic carbocycles. The van der Waals surface area contributed by atoms with Crippen LogP contribution in [0, 0.1) is 0 Å². The van der Waals surface area contributed by atoms with E-state index in [0.717, 1.165) is 24.5 Å². The molecule has 22 heavy (non-hydrogen) atoms. The molecule has 1 saturated heterocycles. The van der Waals surface area contributed by atoms with E-state index in [0.29, 0.717) is 10.6 Å². The van der Waals surface area contributed by atoms with Gasteiger partial charge < -0.3 is 10.2 Å². The number of benzene rings is 1. The summed E-state index contributed by atoms with van der Waals surface area (Å²) in [4.78, 5) is 18.8. The number of hydrogen-bond acceptors (Lipinski definition) is 3. The minimum atomic E-state index is -0.159. The topological polar surface area (TPSA) is 45.2 Å². The third-order valence-electron chi connectivity index (χ3n) is 3.81. The predicted molar refractivity (Wildman–Crippen MR) is 89.7 cm³/mol. The average Bonchev–Trinajstić information content (AvgIpc) is 2.58. The summed E-state index contributed by atoms with van der Waals surface area (Å²) in [5, 5.41) is 3.50. The number of hydrogen-bond donors (Lipinski definition) is 1. The van der Waals surface area contributed by atoms with Gasteiger partial charge in [0.05, 0.1) is 17.4 Å². The minimum absolute atomic E-state index is 0.159. The third-order valence-corrected chi connectivity index (χ3v) is 4.06. The molecule has 2 aromatic rings. The second-order valence-corrected chi connectivity index (χ2v) is 5.88. The molecule has 0 unspecified atom stereocenters. The number of carbonyl (C=O) groups is 1. The van der Waals surface area contributed by atoms with Crippen LogP contribution in [0.2, 0.25) is 5.02 Å². The molecule has 0 bridgehead atoms. The summed E-state index contributed by atoms with van der Waals surface area (Å²) in [6.07, 6.45) is 7.09. The van der Waals surface area contributed by atoms with Crippen molar-refractivity contribution >= 4 is 28.9 Å². The van der Waals surface area contributed by atoms with Crippen LogP contribution in [0.25, 0.3) is 0 Å². The standard InChI is InChI=1S/C17H18ClN3O/c18-14-4-6-15(7-5-14)20-17(22)13-10-16(12-19-11-13)21-8-2-1-3-9-21/h4-7,10-12H,1-3,8-9H2,(H,20,22). The molecule has 4 nitrogen and oxygen atoms in total. The number of rotatable bonds is 3. The quantitative estimate of drug-likeness (QED) is 0.932. The molecule has 1 aliphatic heterocycles. The first kappa shape index (κ1) is 14.9. The summed E-state index contributed by atoms with van der Waals surface area (Å²) in [7, 11) is 0. The summed E-state index contributed by atoms with van der Waals surface area (Å²) in [6.45, 7) is 2.06. The molecule has 2 heterocycles. The highest BCUT2D eigenvalue weighted by Crippen LogP contribution is 2.20. The van der Waals surface area contributed by atoms with Gasteiger partial charge in [0.1, 0.15) is 0 Å². The normalized spacial score (nSPS) is 14.7. The van der Waals surface area contributed by atoms with Gasteiger partial charge in [-0.3, -0.25) is 9.78 Å². The van der Waals surface area contributed by atoms with Gasteiger partial charge in [-0.2, -0.15) is 0 Å². The lowest BCUT2D eigenvalue weighted by molar-refractivity contribution is 0.102. The second kappa shape index (κ2) is 6.79. The van der Waals surface area contributed by atoms with E-state index in [9.17, 15) is 4.79 Å². The first-order valence-corrected chi connectivity index (χ1v) is 7.87. The number of nitrogens with one attached hydrogen (secondary N) is 1. The van der Waals surface area contributed by atoms with Crippen LogP contribution < -0.4 is 10.2 Å². The summed E-state index contributed by atoms with van der Waals surface area (Å²) >= 11 is 5.84. The van der Waals surface area contributed by atoms with Gasteiger partial charge in [0.15, 0.2) is 0 Å². The third kappa shape index (κ3) is 3.57. The van der Waals surface area contributed by atoms with Gasteiger partial charge in [0.2, 0.25) is 0 Å². The smallest absolute Gasteiger partial charge is 0.257 e. The number of amides is 1. The van der Waals surface area contributed by atoms with Gasteiger partial charge >= 0.3 is 0 Å². The first-order valence-electron chi connectivity index (χ1n) is 7.49. The highest BCUT2D eigenvalue weighted by atomic mass is 35.5. The van der Waals surface area contributed by atoms with Gasteiger partial charge in [-0.15, -0.1) is 0 Å². The Kier molecular flexibility index (Phi) is 4.59. The molecule has 1 aromatic carbocycles. The molecule has 0 spiro atoms. The lowest BCUT2D eigenvalue weighted by atomic mass is 10.1. The van der Waals surface area contributed by atoms with Gasteiger partial charge in [0, 0.05) is 30.0 Å². The number of piperidine rings is 1. The van der Waals surface area contributed by atoms with Crippen molar-refractivity contribution in [1.29, 1.82) is 0 Å². The lowest BCUT2D eigenvalue weighted by Crippen LogP contribution is -2.29. The lowest BCUT2D eigenvalue weighted by Gasteiger charge is -2.28. The number of nitrogens with zero attached hydrogens (tertiary/aromatic N) is 2. The Morgan fingerprint density at radius 3 is 2.55 bits per heavy atom. The Hall–Kier alpha value is -2.07. The van der Waals surface area contributed by atoms with Gasteiger partial charge in [-0.25, -0.2) is 0 Å². The van der Waals surface area contributed by atoms with Crippen LogP contribution in [0.15, 0.2) is 42.7 Å². The van der Waals surface area contributed by atoms with Crippen molar-refractivity contribution in [3.8, 4) is 0 Å². The Bertz CT molecular complexity index is 651. The zero-order chi connectivity index (χ0) is 15.4. The van der Waals surface area contributed by atoms with Crippen LogP contribution in [0.1, 0.15) is 29.6 Å². The van der Waals surface area contributed by atoms with Crippen LogP contribution >= 0.6 is 11.6 Å². The fourth-order valence-electron chi connectivity index (χ4n) is 2.61. The number of aromatic nitrogens is 1. The monoisotopic (exact) mass is 315 g/mol. The van der Waals surface area contributed by atoms with Crippen LogP contribution in [0.3, 0.4) is 0 Å². The maximum absolute atomic E-state index is 12.3. The van der Waals surface area contributed by atoms with Crippen molar-refractivity contribution in [2.75, 3.05) is 23.3 Å². The summed E-state index contributed by atoms with van der Waals surface area (Å²) in [5.41, 5.74) is 2.30. The van der Waals surface area contributed by atoms with E-state index in [1.54, 1.807) is 30.5 Å². The van der Waals surface area contributed by atoms with E-state index >= 15 is 0 Å². The molecule has 5 heteroatoms. The largest absolute Gasteiger partial charge is 0.370 e. The summed E-state index contributed by atoms with van der Waals surface area (Å²) in [5.74, 6) is -0.159. The SMILES string of the molecule is O=C(Nc1ccc(Cl)cc1)c1cncc(N2CCCCC2)c1. The molecule has 114 valence electrons. The summed E-state index contributed by atoms with van der Waals surface area (Å²) < 4.78 is 0. The van der Waals surface area contributed by atoms with E-state index in [2.05, 4.69) is 15.2 Å². The molecule has 1 aliphatic rings. The van der Waals surface area contributed by atoms with E-state index in [1.165, 1.54) is 19.3 Å². The fourth-order valence-corrected chi connectivity index (χ4v) is 2.74. The average molecular weight is 316 g/mol. The molecule has 1 amide bonds. The van der Waals surface area contributed by atoms with Gasteiger partial charge in [0.25, 0.3) is 5.91 Å². The molecular weight excluding hydrogens is 298 g/mol. The van der Waals surface area contributed by atoms with Gasteiger partial charge in [-0.05, 0) is 49.6 Å². The highest BCUT2D eigenvalue weighted by molar-refractivity contribution is 6.30. The van der Waals surface area contributed by atoms with Crippen molar-refractivity contribution in [2.24, 2.45) is 0 Å². The van der Waals surface area contributed by atoms with E-state index in [1.807, 2.05) is 12.3 Å². The Balaban J connectivity index is 1.73. The first-order chi connectivity index (χ1) is 10.7. The van der Waals surface area contributed by atoms with Crippen LogP contribution in [-0.2, 0) is 0 Å². The van der Waals surface area contributed by atoms with Crippen molar-refractivity contribution in [1.82, 2.24) is 4.98 Å². The van der Waals surface area contributed by atoms with E-state index in [-0.39, 0.29) is 5.91 Å². The van der Waals surface area contributed by atoms with Crippen molar-refractivity contribution in [3.05, 3.63) is 53.3 Å². The van der Waals surface area contributed by atoms with Crippen LogP contribution in [0.4, 0.5) is 11.4 Å². The maximum Gasteiger partial charge on any atom is 0.257 e. The van der Waals surface area contributed by atoms with Crippen LogP contribution in [0.5, 0.6) is 0 Å². The molecule has 1 N–H and O–H groups in total. The molecular formula is C17H18ClN3O. The van der Waals surface area contributed by atoms with E-state index in [4.69, 9.17) is 11.6 Å². The van der Waals surface area contributed by atoms with Gasteiger partial charge in [-0.1, -0.05) is 11.6 Å². The number of carbonyl (C=O) groups excluding carboxylic acids is 1. The van der Waals surface area contributed by atoms with Crippen LogP contribution in [-0.4, -0.2) is 24.0 Å². The Morgan fingerprint density at radius 1 is 1.09 bits per heavy atom. The molecule has 3 rings (SSSR count). The predicted octanol–water partition coefficient (Wildman–Crippen LogP) is 3.98. The second-order valence-electron chi connectivity index (χ2n) is 5.44.